The van der Waals surface area contributed by atoms with E-state index in [2.05, 4.69) is 366 Å². The Hall–Kier alpha value is -10.7. The van der Waals surface area contributed by atoms with Crippen molar-refractivity contribution < 1.29 is 0 Å². The third kappa shape index (κ3) is 12.3. The van der Waals surface area contributed by atoms with E-state index in [4.69, 9.17) is 0 Å². The minimum atomic E-state index is 0.990. The van der Waals surface area contributed by atoms with Gasteiger partial charge in [0.05, 0.1) is 17.1 Å². The average molecular weight is 1120 g/mol. The Labute approximate surface area is 514 Å². The van der Waals surface area contributed by atoms with Gasteiger partial charge in [0, 0.05) is 34.1 Å². The highest BCUT2D eigenvalue weighted by Crippen LogP contribution is 2.47. The van der Waals surface area contributed by atoms with E-state index in [1.54, 1.807) is 0 Å². The smallest absolute Gasteiger partial charge is 0.0503 e. The van der Waals surface area contributed by atoms with Gasteiger partial charge < -0.3 is 14.7 Å². The highest BCUT2D eigenvalue weighted by molar-refractivity contribution is 5.91. The molecule has 0 fully saturated rings. The van der Waals surface area contributed by atoms with Crippen LogP contribution in [0.4, 0.5) is 51.2 Å². The molecule has 0 bridgehead atoms. The van der Waals surface area contributed by atoms with Gasteiger partial charge >= 0.3 is 0 Å². The molecule has 420 valence electrons. The SMILES string of the molecule is Cc1ccc(-c2ccc(N(c3ccc(-c4ccc(C)cc4)cc3)c3cc(N(c4ccc(-c5ccc(C)cc5)cc4)c4ccc(-c5ccc(C)cc5)cc4)cc(N(c4ccc(-c5ccc(C)cc5)cc4)c4ccc(-c5ccc(C)cc5)cc4)c3)cc2)cc1. The Morgan fingerprint density at radius 2 is 0.230 bits per heavy atom. The molecule has 3 heteroatoms. The van der Waals surface area contributed by atoms with Gasteiger partial charge in [0.15, 0.2) is 0 Å². The quantitative estimate of drug-likeness (QED) is 0.101. The van der Waals surface area contributed by atoms with Crippen molar-refractivity contribution in [1.82, 2.24) is 0 Å². The molecule has 13 aromatic carbocycles. The fourth-order valence-electron chi connectivity index (χ4n) is 11.6. The summed E-state index contributed by atoms with van der Waals surface area (Å²) in [6.45, 7) is 12.8. The Bertz CT molecular complexity index is 3690. The first-order valence-corrected chi connectivity index (χ1v) is 30.1. The molecule has 87 heavy (non-hydrogen) atoms. The van der Waals surface area contributed by atoms with Gasteiger partial charge in [-0.25, -0.2) is 0 Å². The summed E-state index contributed by atoms with van der Waals surface area (Å²) in [7, 11) is 0. The van der Waals surface area contributed by atoms with Crippen LogP contribution in [0.25, 0.3) is 66.8 Å². The molecule has 0 atom stereocenters. The molecule has 13 aromatic rings. The second kappa shape index (κ2) is 24.5. The van der Waals surface area contributed by atoms with Crippen LogP contribution < -0.4 is 14.7 Å². The minimum Gasteiger partial charge on any atom is -0.310 e. The lowest BCUT2D eigenvalue weighted by atomic mass is 10.0. The van der Waals surface area contributed by atoms with E-state index in [1.807, 2.05) is 0 Å². The van der Waals surface area contributed by atoms with E-state index in [0.29, 0.717) is 0 Å². The maximum absolute atomic E-state index is 2.42. The average Bonchev–Trinajstić information content (AvgIpc) is 2.09. The van der Waals surface area contributed by atoms with Crippen LogP contribution >= 0.6 is 0 Å². The molecule has 0 aliphatic heterocycles. The molecule has 0 unspecified atom stereocenters. The molecular weight excluding hydrogens is 1050 g/mol. The number of anilines is 9. The second-order valence-corrected chi connectivity index (χ2v) is 23.2. The minimum absolute atomic E-state index is 0.990. The number of rotatable bonds is 15. The van der Waals surface area contributed by atoms with Gasteiger partial charge in [-0.05, 0) is 199 Å². The second-order valence-electron chi connectivity index (χ2n) is 23.2. The van der Waals surface area contributed by atoms with Gasteiger partial charge in [-0.15, -0.1) is 0 Å². The Morgan fingerprint density at radius 1 is 0.126 bits per heavy atom. The zero-order valence-electron chi connectivity index (χ0n) is 50.3. The molecule has 3 nitrogen and oxygen atoms in total. The zero-order chi connectivity index (χ0) is 59.4. The van der Waals surface area contributed by atoms with E-state index >= 15 is 0 Å². The first-order valence-electron chi connectivity index (χ1n) is 30.1. The Kier molecular flexibility index (Phi) is 15.6. The van der Waals surface area contributed by atoms with Crippen molar-refractivity contribution in [1.29, 1.82) is 0 Å². The summed E-state index contributed by atoms with van der Waals surface area (Å²) in [5, 5.41) is 0. The Morgan fingerprint density at radius 3 is 0.345 bits per heavy atom. The van der Waals surface area contributed by atoms with Crippen LogP contribution in [0.3, 0.4) is 0 Å². The van der Waals surface area contributed by atoms with Crippen molar-refractivity contribution in [2.75, 3.05) is 14.7 Å². The molecule has 0 radical (unpaired) electrons. The molecule has 0 N–H and O–H groups in total. The molecule has 0 spiro atoms. The topological polar surface area (TPSA) is 9.72 Å². The summed E-state index contributed by atoms with van der Waals surface area (Å²) in [4.78, 5) is 7.26. The third-order valence-corrected chi connectivity index (χ3v) is 16.7. The van der Waals surface area contributed by atoms with Gasteiger partial charge in [-0.1, -0.05) is 252 Å². The third-order valence-electron chi connectivity index (χ3n) is 16.7. The van der Waals surface area contributed by atoms with Crippen LogP contribution in [-0.4, -0.2) is 0 Å². The predicted octanol–water partition coefficient (Wildman–Crippen LogP) is 23.9. The number of hydrogen-bond acceptors (Lipinski definition) is 3. The van der Waals surface area contributed by atoms with Crippen LogP contribution in [0.5, 0.6) is 0 Å². The summed E-state index contributed by atoms with van der Waals surface area (Å²) in [5.74, 6) is 0. The summed E-state index contributed by atoms with van der Waals surface area (Å²) in [6, 6.07) is 114. The van der Waals surface area contributed by atoms with Crippen LogP contribution in [0.1, 0.15) is 33.4 Å². The molecule has 0 heterocycles. The molecular formula is C84H69N3. The van der Waals surface area contributed by atoms with E-state index in [9.17, 15) is 0 Å². The molecule has 13 rings (SSSR count). The van der Waals surface area contributed by atoms with Crippen molar-refractivity contribution in [3.05, 3.63) is 343 Å². The normalized spacial score (nSPS) is 11.1. The summed E-state index contributed by atoms with van der Waals surface area (Å²) >= 11 is 0. The molecule has 0 aromatic heterocycles. The van der Waals surface area contributed by atoms with Gasteiger partial charge in [0.2, 0.25) is 0 Å². The van der Waals surface area contributed by atoms with Crippen LogP contribution in [-0.2, 0) is 0 Å². The van der Waals surface area contributed by atoms with E-state index in [-0.39, 0.29) is 0 Å². The molecule has 0 amide bonds. The lowest BCUT2D eigenvalue weighted by Crippen LogP contribution is -2.16. The number of nitrogens with zero attached hydrogens (tertiary/aromatic N) is 3. The number of aryl methyl sites for hydroxylation is 6. The molecule has 0 saturated carbocycles. The fourth-order valence-corrected chi connectivity index (χ4v) is 11.6. The fraction of sp³-hybridized carbons (Fsp3) is 0.0714. The monoisotopic (exact) mass is 1120 g/mol. The summed E-state index contributed by atoms with van der Waals surface area (Å²) in [6.07, 6.45) is 0. The van der Waals surface area contributed by atoms with Crippen LogP contribution in [0, 0.1) is 41.5 Å². The highest BCUT2D eigenvalue weighted by Gasteiger charge is 2.24. The van der Waals surface area contributed by atoms with E-state index < -0.39 is 0 Å². The first kappa shape index (κ1) is 55.4. The zero-order valence-corrected chi connectivity index (χ0v) is 50.3. The van der Waals surface area contributed by atoms with Crippen molar-refractivity contribution in [3.8, 4) is 66.8 Å². The van der Waals surface area contributed by atoms with Crippen LogP contribution in [0.15, 0.2) is 309 Å². The van der Waals surface area contributed by atoms with Crippen molar-refractivity contribution in [2.24, 2.45) is 0 Å². The van der Waals surface area contributed by atoms with Crippen molar-refractivity contribution in [3.63, 3.8) is 0 Å². The summed E-state index contributed by atoms with van der Waals surface area (Å²) in [5.41, 5.74) is 30.6. The number of hydrogen-bond donors (Lipinski definition) is 0. The number of benzene rings is 13. The van der Waals surface area contributed by atoms with Crippen LogP contribution in [0.2, 0.25) is 0 Å². The molecule has 0 saturated heterocycles. The van der Waals surface area contributed by atoms with Gasteiger partial charge in [0.25, 0.3) is 0 Å². The maximum Gasteiger partial charge on any atom is 0.0503 e. The predicted molar refractivity (Wildman–Crippen MR) is 372 cm³/mol. The van der Waals surface area contributed by atoms with Crippen molar-refractivity contribution in [2.45, 2.75) is 41.5 Å². The molecule has 0 aliphatic carbocycles. The highest BCUT2D eigenvalue weighted by atomic mass is 15.2. The van der Waals surface area contributed by atoms with E-state index in [1.165, 1.54) is 66.8 Å². The largest absolute Gasteiger partial charge is 0.310 e. The Balaban J connectivity index is 1.05. The standard InChI is InChI=1S/C84H69N3/c1-58-7-19-64(20-8-58)70-31-43-76(44-32-70)85(77-45-33-71(34-46-77)65-21-9-59(2)10-22-65)82-55-83(86(78-47-35-72(36-48-78)66-23-11-60(3)12-24-66)79-49-37-73(38-50-79)67-25-13-61(4)14-26-67)57-84(56-82)87(80-51-39-74(40-52-80)68-27-15-62(5)16-28-68)81-53-41-75(42-54-81)69-29-17-63(6)18-30-69/h7-57H,1-6H3. The lowest BCUT2D eigenvalue weighted by Gasteiger charge is -2.33. The maximum atomic E-state index is 2.42. The molecule has 0 aliphatic rings. The lowest BCUT2D eigenvalue weighted by molar-refractivity contribution is 1.22. The first-order chi connectivity index (χ1) is 42.5. The summed E-state index contributed by atoms with van der Waals surface area (Å²) < 4.78 is 0. The van der Waals surface area contributed by atoms with Gasteiger partial charge in [-0.2, -0.15) is 0 Å². The van der Waals surface area contributed by atoms with E-state index in [0.717, 1.165) is 84.6 Å². The van der Waals surface area contributed by atoms with Gasteiger partial charge in [0.1, 0.15) is 0 Å². The van der Waals surface area contributed by atoms with Crippen molar-refractivity contribution >= 4 is 51.2 Å². The van der Waals surface area contributed by atoms with Gasteiger partial charge in [-0.3, -0.25) is 0 Å².